The molecule has 0 radical (unpaired) electrons. The van der Waals surface area contributed by atoms with E-state index in [1.54, 1.807) is 29.7 Å². The Hall–Kier alpha value is -3.63. The number of ketones is 1. The lowest BCUT2D eigenvalue weighted by atomic mass is 10.0. The Bertz CT molecular complexity index is 1010. The number of rotatable bonds is 9. The molecule has 0 saturated carbocycles. The number of carbonyl (C=O) groups is 4. The number of Topliss-reactive ketones (excluding diaryl/α,β-unsaturated/α-hetero) is 1. The molecule has 0 bridgehead atoms. The third-order valence-electron chi connectivity index (χ3n) is 4.18. The lowest BCUT2D eigenvalue weighted by Crippen LogP contribution is -2.41. The molecule has 0 atom stereocenters. The predicted octanol–water partition coefficient (Wildman–Crippen LogP) is 2.32. The summed E-state index contributed by atoms with van der Waals surface area (Å²) in [4.78, 5) is 47.4. The molecule has 9 nitrogen and oxygen atoms in total. The second-order valence-corrected chi connectivity index (χ2v) is 7.04. The van der Waals surface area contributed by atoms with Gasteiger partial charge in [-0.1, -0.05) is 11.6 Å². The van der Waals surface area contributed by atoms with Crippen LogP contribution in [0.15, 0.2) is 53.6 Å². The van der Waals surface area contributed by atoms with Crippen LogP contribution in [0.2, 0.25) is 5.02 Å². The SMILES string of the molecule is NNC(=O)C(=O)N/N=C(\CCCC(=O)Nc1ccc(Cl)cc1)CC(=O)c1ccc(F)cc1. The number of carbonyl (C=O) groups excluding carboxylic acids is 4. The van der Waals surface area contributed by atoms with Gasteiger partial charge in [-0.15, -0.1) is 0 Å². The van der Waals surface area contributed by atoms with Crippen LogP contribution in [-0.2, 0) is 14.4 Å². The van der Waals surface area contributed by atoms with E-state index in [1.807, 2.05) is 5.43 Å². The summed E-state index contributed by atoms with van der Waals surface area (Å²) in [5.74, 6) is 1.55. The van der Waals surface area contributed by atoms with E-state index in [1.165, 1.54) is 12.1 Å². The zero-order chi connectivity index (χ0) is 23.5. The molecule has 0 spiro atoms. The molecule has 0 saturated heterocycles. The van der Waals surface area contributed by atoms with Crippen molar-refractivity contribution in [1.82, 2.24) is 10.9 Å². The number of nitrogens with two attached hydrogens (primary N) is 1. The number of anilines is 1. The van der Waals surface area contributed by atoms with Gasteiger partial charge in [0.05, 0.1) is 6.42 Å². The minimum atomic E-state index is -1.11. The maximum atomic E-state index is 13.1. The molecule has 0 unspecified atom stereocenters. The largest absolute Gasteiger partial charge is 0.330 e. The number of hydrogen-bond acceptors (Lipinski definition) is 6. The quantitative estimate of drug-likeness (QED) is 0.113. The third-order valence-corrected chi connectivity index (χ3v) is 4.43. The first kappa shape index (κ1) is 24.6. The van der Waals surface area contributed by atoms with Crippen molar-refractivity contribution in [3.05, 3.63) is 64.9 Å². The Morgan fingerprint density at radius 1 is 0.938 bits per heavy atom. The Morgan fingerprint density at radius 3 is 2.22 bits per heavy atom. The molecule has 5 N–H and O–H groups in total. The van der Waals surface area contributed by atoms with Crippen LogP contribution < -0.4 is 22.0 Å². The van der Waals surface area contributed by atoms with E-state index in [0.29, 0.717) is 17.1 Å². The minimum absolute atomic E-state index is 0.115. The number of nitrogens with one attached hydrogen (secondary N) is 3. The summed E-state index contributed by atoms with van der Waals surface area (Å²) in [6.45, 7) is 0. The van der Waals surface area contributed by atoms with E-state index in [0.717, 1.165) is 12.1 Å². The molecule has 0 aliphatic heterocycles. The van der Waals surface area contributed by atoms with Crippen LogP contribution in [0.4, 0.5) is 10.1 Å². The van der Waals surface area contributed by atoms with Gasteiger partial charge in [0, 0.05) is 28.4 Å². The maximum absolute atomic E-state index is 13.1. The van der Waals surface area contributed by atoms with Crippen molar-refractivity contribution in [2.75, 3.05) is 5.32 Å². The van der Waals surface area contributed by atoms with Gasteiger partial charge in [-0.25, -0.2) is 15.7 Å². The van der Waals surface area contributed by atoms with Gasteiger partial charge in [0.25, 0.3) is 0 Å². The van der Waals surface area contributed by atoms with Gasteiger partial charge in [0.15, 0.2) is 5.78 Å². The fourth-order valence-electron chi connectivity index (χ4n) is 2.56. The highest BCUT2D eigenvalue weighted by molar-refractivity contribution is 6.35. The Labute approximate surface area is 188 Å². The van der Waals surface area contributed by atoms with Crippen molar-refractivity contribution in [2.45, 2.75) is 25.7 Å². The van der Waals surface area contributed by atoms with Crippen LogP contribution in [0.5, 0.6) is 0 Å². The fourth-order valence-corrected chi connectivity index (χ4v) is 2.69. The van der Waals surface area contributed by atoms with Gasteiger partial charge in [0.1, 0.15) is 5.82 Å². The molecule has 32 heavy (non-hydrogen) atoms. The first-order valence-corrected chi connectivity index (χ1v) is 9.87. The number of hydrazone groups is 1. The van der Waals surface area contributed by atoms with Crippen LogP contribution >= 0.6 is 11.6 Å². The monoisotopic (exact) mass is 461 g/mol. The van der Waals surface area contributed by atoms with Gasteiger partial charge in [0.2, 0.25) is 5.91 Å². The average molecular weight is 462 g/mol. The van der Waals surface area contributed by atoms with Crippen LogP contribution in [0.25, 0.3) is 0 Å². The molecule has 0 fully saturated rings. The molecule has 3 amide bonds. The molecule has 11 heteroatoms. The molecule has 0 heterocycles. The summed E-state index contributed by atoms with van der Waals surface area (Å²) >= 11 is 5.81. The van der Waals surface area contributed by atoms with Crippen molar-refractivity contribution < 1.29 is 23.6 Å². The zero-order valence-electron chi connectivity index (χ0n) is 16.9. The molecule has 2 rings (SSSR count). The minimum Gasteiger partial charge on any atom is -0.326 e. The molecule has 0 aliphatic carbocycles. The van der Waals surface area contributed by atoms with Gasteiger partial charge in [-0.05, 0) is 61.4 Å². The highest BCUT2D eigenvalue weighted by Gasteiger charge is 2.15. The summed E-state index contributed by atoms with van der Waals surface area (Å²) in [6, 6.07) is 11.6. The molecular formula is C21H21ClFN5O4. The predicted molar refractivity (Wildman–Crippen MR) is 117 cm³/mol. The summed E-state index contributed by atoms with van der Waals surface area (Å²) in [7, 11) is 0. The summed E-state index contributed by atoms with van der Waals surface area (Å²) < 4.78 is 13.1. The highest BCUT2D eigenvalue weighted by Crippen LogP contribution is 2.14. The lowest BCUT2D eigenvalue weighted by molar-refractivity contribution is -0.139. The number of nitrogens with zero attached hydrogens (tertiary/aromatic N) is 1. The Balaban J connectivity index is 1.98. The third kappa shape index (κ3) is 8.25. The van der Waals surface area contributed by atoms with E-state index < -0.39 is 17.6 Å². The van der Waals surface area contributed by atoms with E-state index in [2.05, 4.69) is 10.4 Å². The molecule has 0 aliphatic rings. The maximum Gasteiger partial charge on any atom is 0.330 e. The second kappa shape index (κ2) is 12.3. The number of hydrogen-bond donors (Lipinski definition) is 4. The van der Waals surface area contributed by atoms with E-state index in [-0.39, 0.29) is 42.2 Å². The van der Waals surface area contributed by atoms with Gasteiger partial charge in [-0.3, -0.25) is 24.6 Å². The van der Waals surface area contributed by atoms with Gasteiger partial charge >= 0.3 is 11.8 Å². The number of benzene rings is 2. The number of halogens is 2. The topological polar surface area (TPSA) is 143 Å². The summed E-state index contributed by atoms with van der Waals surface area (Å²) in [6.07, 6.45) is 0.415. The zero-order valence-corrected chi connectivity index (χ0v) is 17.6. The van der Waals surface area contributed by atoms with Crippen LogP contribution in [0.1, 0.15) is 36.0 Å². The Morgan fingerprint density at radius 2 is 1.59 bits per heavy atom. The van der Waals surface area contributed by atoms with E-state index in [9.17, 15) is 23.6 Å². The first-order valence-electron chi connectivity index (χ1n) is 9.49. The van der Waals surface area contributed by atoms with Crippen molar-refractivity contribution in [3.63, 3.8) is 0 Å². The van der Waals surface area contributed by atoms with Crippen LogP contribution in [-0.4, -0.2) is 29.2 Å². The second-order valence-electron chi connectivity index (χ2n) is 6.61. The van der Waals surface area contributed by atoms with Gasteiger partial charge in [-0.2, -0.15) is 5.10 Å². The summed E-state index contributed by atoms with van der Waals surface area (Å²) in [5, 5.41) is 7.08. The normalized spacial score (nSPS) is 10.9. The summed E-state index contributed by atoms with van der Waals surface area (Å²) in [5.41, 5.74) is 4.75. The number of amides is 3. The molecule has 168 valence electrons. The first-order chi connectivity index (χ1) is 15.3. The smallest absolute Gasteiger partial charge is 0.326 e. The highest BCUT2D eigenvalue weighted by atomic mass is 35.5. The standard InChI is InChI=1S/C21H21ClFN5O4/c22-14-6-10-16(11-7-14)25-19(30)3-1-2-17(27-28-21(32)20(31)26-24)12-18(29)13-4-8-15(23)9-5-13/h4-11H,1-3,12,24H2,(H,25,30)(H,26,31)(H,28,32)/b27-17+. The number of hydrazine groups is 1. The van der Waals surface area contributed by atoms with E-state index in [4.69, 9.17) is 17.4 Å². The van der Waals surface area contributed by atoms with Crippen LogP contribution in [0, 0.1) is 5.82 Å². The van der Waals surface area contributed by atoms with Crippen LogP contribution in [0.3, 0.4) is 0 Å². The van der Waals surface area contributed by atoms with Crippen molar-refractivity contribution in [1.29, 1.82) is 0 Å². The Kier molecular flexibility index (Phi) is 9.45. The average Bonchev–Trinajstić information content (AvgIpc) is 2.78. The van der Waals surface area contributed by atoms with Crippen molar-refractivity contribution in [3.8, 4) is 0 Å². The van der Waals surface area contributed by atoms with Gasteiger partial charge < -0.3 is 5.32 Å². The van der Waals surface area contributed by atoms with Crippen molar-refractivity contribution in [2.24, 2.45) is 10.9 Å². The molecule has 2 aromatic rings. The fraction of sp³-hybridized carbons (Fsp3) is 0.190. The van der Waals surface area contributed by atoms with Crippen molar-refractivity contribution >= 4 is 46.5 Å². The van der Waals surface area contributed by atoms with E-state index >= 15 is 0 Å². The molecule has 0 aromatic heterocycles. The molecular weight excluding hydrogens is 441 g/mol. The lowest BCUT2D eigenvalue weighted by Gasteiger charge is -2.08. The molecule has 2 aromatic carbocycles.